The van der Waals surface area contributed by atoms with E-state index in [9.17, 15) is 9.59 Å². The highest BCUT2D eigenvalue weighted by Gasteiger charge is 2.15. The number of thioether (sulfide) groups is 1. The van der Waals surface area contributed by atoms with Crippen molar-refractivity contribution < 1.29 is 13.9 Å². The maximum atomic E-state index is 12.2. The van der Waals surface area contributed by atoms with Crippen molar-refractivity contribution in [1.29, 1.82) is 0 Å². The number of amides is 1. The van der Waals surface area contributed by atoms with Crippen molar-refractivity contribution in [3.05, 3.63) is 46.6 Å². The summed E-state index contributed by atoms with van der Waals surface area (Å²) in [5.41, 5.74) is 0.978. The lowest BCUT2D eigenvalue weighted by Gasteiger charge is -2.15. The molecule has 0 unspecified atom stereocenters. The molecule has 0 aliphatic rings. The Bertz CT molecular complexity index is 1030. The molecule has 2 heterocycles. The highest BCUT2D eigenvalue weighted by atomic mass is 32.2. The molecular weight excluding hydrogens is 380 g/mol. The number of nitrogens with one attached hydrogen (secondary N) is 1. The molecule has 3 aromatic rings. The first-order valence-electron chi connectivity index (χ1n) is 8.96. The van der Waals surface area contributed by atoms with Crippen molar-refractivity contribution in [1.82, 2.24) is 20.1 Å². The molecule has 1 N–H and O–H groups in total. The quantitative estimate of drug-likeness (QED) is 0.350. The molecule has 9 heteroatoms. The topological polar surface area (TPSA) is 99.2 Å². The molecule has 0 aliphatic heterocycles. The smallest absolute Gasteiger partial charge is 0.336 e. The van der Waals surface area contributed by atoms with Gasteiger partial charge in [0.05, 0.1) is 0 Å². The maximum Gasteiger partial charge on any atom is 0.336 e. The van der Waals surface area contributed by atoms with Gasteiger partial charge >= 0.3 is 5.63 Å². The molecule has 0 aliphatic carbocycles. The number of rotatable bonds is 8. The Labute approximate surface area is 166 Å². The van der Waals surface area contributed by atoms with Crippen LogP contribution in [0.1, 0.15) is 19.4 Å². The van der Waals surface area contributed by atoms with Crippen LogP contribution < -0.4 is 15.7 Å². The van der Waals surface area contributed by atoms with E-state index in [2.05, 4.69) is 15.5 Å². The molecule has 3 rings (SSSR count). The lowest BCUT2D eigenvalue weighted by Crippen LogP contribution is -2.37. The zero-order valence-electron chi connectivity index (χ0n) is 16.0. The third kappa shape index (κ3) is 4.72. The molecule has 0 radical (unpaired) electrons. The molecule has 0 saturated carbocycles. The monoisotopic (exact) mass is 402 g/mol. The summed E-state index contributed by atoms with van der Waals surface area (Å²) in [6.07, 6.45) is 1.68. The second kappa shape index (κ2) is 8.92. The van der Waals surface area contributed by atoms with Crippen molar-refractivity contribution in [2.24, 2.45) is 7.05 Å². The van der Waals surface area contributed by atoms with Crippen LogP contribution in [0.4, 0.5) is 0 Å². The molecule has 1 amide bonds. The molecule has 0 saturated heterocycles. The standard InChI is InChI=1S/C19H22N4O4S/c1-4-13-9-17(24)27-16-10-14(5-6-15(13)16)26-12(2)18(25)20-7-8-28-19-22-21-11-23(19)3/h5-6,9-12H,4,7-8H2,1-3H3,(H,20,25)/t12-/m0/s1. The minimum absolute atomic E-state index is 0.220. The van der Waals surface area contributed by atoms with Crippen molar-refractivity contribution in [2.45, 2.75) is 31.5 Å². The van der Waals surface area contributed by atoms with E-state index in [1.54, 1.807) is 25.4 Å². The Morgan fingerprint density at radius 1 is 1.39 bits per heavy atom. The molecule has 28 heavy (non-hydrogen) atoms. The largest absolute Gasteiger partial charge is 0.481 e. The zero-order valence-corrected chi connectivity index (χ0v) is 16.8. The molecule has 0 fully saturated rings. The number of carbonyl (C=O) groups excluding carboxylic acids is 1. The van der Waals surface area contributed by atoms with Gasteiger partial charge < -0.3 is 19.0 Å². The van der Waals surface area contributed by atoms with Gasteiger partial charge in [-0.25, -0.2) is 4.79 Å². The van der Waals surface area contributed by atoms with E-state index < -0.39 is 11.7 Å². The third-order valence-corrected chi connectivity index (χ3v) is 5.20. The van der Waals surface area contributed by atoms with Gasteiger partial charge in [-0.05, 0) is 31.0 Å². The summed E-state index contributed by atoms with van der Waals surface area (Å²) in [5, 5.41) is 12.3. The number of hydrogen-bond acceptors (Lipinski definition) is 7. The number of hydrogen-bond donors (Lipinski definition) is 1. The summed E-state index contributed by atoms with van der Waals surface area (Å²) in [4.78, 5) is 23.9. The summed E-state index contributed by atoms with van der Waals surface area (Å²) >= 11 is 1.51. The Morgan fingerprint density at radius 3 is 2.93 bits per heavy atom. The van der Waals surface area contributed by atoms with E-state index in [1.807, 2.05) is 24.6 Å². The van der Waals surface area contributed by atoms with Gasteiger partial charge in [0.2, 0.25) is 0 Å². The number of nitrogens with zero attached hydrogens (tertiary/aromatic N) is 3. The van der Waals surface area contributed by atoms with Gasteiger partial charge in [-0.15, -0.1) is 10.2 Å². The van der Waals surface area contributed by atoms with Crippen LogP contribution in [0, 0.1) is 0 Å². The van der Waals surface area contributed by atoms with Crippen LogP contribution in [0.25, 0.3) is 11.0 Å². The van der Waals surface area contributed by atoms with Gasteiger partial charge in [-0.3, -0.25) is 4.79 Å². The fourth-order valence-corrected chi connectivity index (χ4v) is 3.44. The van der Waals surface area contributed by atoms with Crippen molar-refractivity contribution in [3.63, 3.8) is 0 Å². The average molecular weight is 402 g/mol. The van der Waals surface area contributed by atoms with E-state index in [0.717, 1.165) is 22.5 Å². The number of benzene rings is 1. The molecule has 148 valence electrons. The van der Waals surface area contributed by atoms with Gasteiger partial charge in [0.25, 0.3) is 5.91 Å². The summed E-state index contributed by atoms with van der Waals surface area (Å²) in [5.74, 6) is 0.925. The summed E-state index contributed by atoms with van der Waals surface area (Å²) in [6, 6.07) is 6.76. The van der Waals surface area contributed by atoms with Crippen molar-refractivity contribution in [2.75, 3.05) is 12.3 Å². The predicted octanol–water partition coefficient (Wildman–Crippen LogP) is 2.16. The van der Waals surface area contributed by atoms with Gasteiger partial charge in [0.1, 0.15) is 17.7 Å². The van der Waals surface area contributed by atoms with Crippen LogP contribution in [-0.2, 0) is 18.3 Å². The fourth-order valence-electron chi connectivity index (χ4n) is 2.70. The molecule has 1 atom stereocenters. The SMILES string of the molecule is CCc1cc(=O)oc2cc(O[C@@H](C)C(=O)NCCSc3nncn3C)ccc12. The number of fused-ring (bicyclic) bond motifs is 1. The first kappa shape index (κ1) is 19.9. The minimum Gasteiger partial charge on any atom is -0.481 e. The van der Waals surface area contributed by atoms with Gasteiger partial charge in [-0.2, -0.15) is 0 Å². The minimum atomic E-state index is -0.682. The normalized spacial score (nSPS) is 12.1. The highest BCUT2D eigenvalue weighted by Crippen LogP contribution is 2.23. The Hall–Kier alpha value is -2.81. The number of aryl methyl sites for hydroxylation is 2. The molecule has 1 aromatic carbocycles. The lowest BCUT2D eigenvalue weighted by molar-refractivity contribution is -0.127. The average Bonchev–Trinajstić information content (AvgIpc) is 3.08. The first-order valence-corrected chi connectivity index (χ1v) is 9.94. The van der Waals surface area contributed by atoms with Crippen LogP contribution in [0.2, 0.25) is 0 Å². The van der Waals surface area contributed by atoms with E-state index in [0.29, 0.717) is 23.6 Å². The second-order valence-electron chi connectivity index (χ2n) is 6.23. The molecule has 2 aromatic heterocycles. The Kier molecular flexibility index (Phi) is 6.35. The predicted molar refractivity (Wildman–Crippen MR) is 107 cm³/mol. The molecular formula is C19H22N4O4S. The second-order valence-corrected chi connectivity index (χ2v) is 7.29. The van der Waals surface area contributed by atoms with E-state index in [1.165, 1.54) is 17.8 Å². The van der Waals surface area contributed by atoms with Crippen molar-refractivity contribution >= 4 is 28.6 Å². The highest BCUT2D eigenvalue weighted by molar-refractivity contribution is 7.99. The van der Waals surface area contributed by atoms with Crippen LogP contribution in [0.3, 0.4) is 0 Å². The summed E-state index contributed by atoms with van der Waals surface area (Å²) < 4.78 is 12.8. The van der Waals surface area contributed by atoms with E-state index >= 15 is 0 Å². The Balaban J connectivity index is 1.56. The number of carbonyl (C=O) groups is 1. The van der Waals surface area contributed by atoms with E-state index in [-0.39, 0.29) is 5.91 Å². The van der Waals surface area contributed by atoms with Gasteiger partial charge in [-0.1, -0.05) is 18.7 Å². The third-order valence-electron chi connectivity index (χ3n) is 4.17. The molecule has 0 bridgehead atoms. The maximum absolute atomic E-state index is 12.2. The number of ether oxygens (including phenoxy) is 1. The van der Waals surface area contributed by atoms with Gasteiger partial charge in [0.15, 0.2) is 11.3 Å². The Morgan fingerprint density at radius 2 is 2.21 bits per heavy atom. The van der Waals surface area contributed by atoms with Crippen LogP contribution >= 0.6 is 11.8 Å². The van der Waals surface area contributed by atoms with Gasteiger partial charge in [0, 0.05) is 36.9 Å². The summed E-state index contributed by atoms with van der Waals surface area (Å²) in [7, 11) is 1.87. The van der Waals surface area contributed by atoms with Crippen LogP contribution in [0.5, 0.6) is 5.75 Å². The van der Waals surface area contributed by atoms with E-state index in [4.69, 9.17) is 9.15 Å². The molecule has 0 spiro atoms. The zero-order chi connectivity index (χ0) is 20.1. The van der Waals surface area contributed by atoms with Crippen LogP contribution in [0.15, 0.2) is 45.0 Å². The molecule has 8 nitrogen and oxygen atoms in total. The fraction of sp³-hybridized carbons (Fsp3) is 0.368. The van der Waals surface area contributed by atoms with Crippen molar-refractivity contribution in [3.8, 4) is 5.75 Å². The summed E-state index contributed by atoms with van der Waals surface area (Å²) in [6.45, 7) is 4.14. The first-order chi connectivity index (χ1) is 13.5. The number of aromatic nitrogens is 3. The lowest BCUT2D eigenvalue weighted by atomic mass is 10.1. The van der Waals surface area contributed by atoms with Crippen LogP contribution in [-0.4, -0.2) is 39.1 Å².